The van der Waals surface area contributed by atoms with Crippen LogP contribution in [-0.4, -0.2) is 17.5 Å². The molecule has 0 bridgehead atoms. The molecule has 2 fully saturated rings. The summed E-state index contributed by atoms with van der Waals surface area (Å²) in [7, 11) is 0. The van der Waals surface area contributed by atoms with Crippen molar-refractivity contribution in [2.75, 3.05) is 0 Å². The van der Waals surface area contributed by atoms with Gasteiger partial charge < -0.3 is 11.1 Å². The van der Waals surface area contributed by atoms with E-state index in [1.165, 1.54) is 32.1 Å². The van der Waals surface area contributed by atoms with Gasteiger partial charge in [0.25, 0.3) is 0 Å². The van der Waals surface area contributed by atoms with Crippen LogP contribution in [-0.2, 0) is 4.79 Å². The van der Waals surface area contributed by atoms with Crippen molar-refractivity contribution in [3.63, 3.8) is 0 Å². The molecule has 1 amide bonds. The molecule has 2 rings (SSSR count). The molecule has 2 aliphatic carbocycles. The van der Waals surface area contributed by atoms with E-state index in [2.05, 4.69) is 5.32 Å². The third kappa shape index (κ3) is 2.33. The van der Waals surface area contributed by atoms with Crippen molar-refractivity contribution in [1.29, 1.82) is 0 Å². The smallest absolute Gasteiger partial charge is 0.237 e. The first-order chi connectivity index (χ1) is 7.23. The van der Waals surface area contributed by atoms with Crippen LogP contribution in [0.25, 0.3) is 0 Å². The van der Waals surface area contributed by atoms with E-state index < -0.39 is 0 Å². The van der Waals surface area contributed by atoms with Crippen LogP contribution in [0.4, 0.5) is 0 Å². The minimum atomic E-state index is -0.359. The van der Waals surface area contributed by atoms with Gasteiger partial charge in [0.05, 0.1) is 5.54 Å². The van der Waals surface area contributed by atoms with E-state index in [1.807, 2.05) is 0 Å². The van der Waals surface area contributed by atoms with Gasteiger partial charge in [-0.05, 0) is 25.7 Å². The topological polar surface area (TPSA) is 55.1 Å². The zero-order valence-electron chi connectivity index (χ0n) is 9.43. The lowest BCUT2D eigenvalue weighted by atomic mass is 9.90. The molecule has 0 unspecified atom stereocenters. The van der Waals surface area contributed by atoms with Crippen molar-refractivity contribution in [3.05, 3.63) is 0 Å². The fourth-order valence-corrected chi connectivity index (χ4v) is 3.08. The monoisotopic (exact) mass is 210 g/mol. The zero-order valence-corrected chi connectivity index (χ0v) is 9.43. The van der Waals surface area contributed by atoms with Gasteiger partial charge in [-0.15, -0.1) is 0 Å². The summed E-state index contributed by atoms with van der Waals surface area (Å²) >= 11 is 0. The number of amides is 1. The van der Waals surface area contributed by atoms with Gasteiger partial charge >= 0.3 is 0 Å². The molecular weight excluding hydrogens is 188 g/mol. The number of hydrogen-bond acceptors (Lipinski definition) is 2. The second kappa shape index (κ2) is 4.52. The molecule has 0 heterocycles. The maximum atomic E-state index is 11.6. The third-order valence-electron chi connectivity index (χ3n) is 4.01. The first kappa shape index (κ1) is 10.9. The lowest BCUT2D eigenvalue weighted by Gasteiger charge is -2.34. The number of primary amides is 1. The van der Waals surface area contributed by atoms with E-state index in [0.29, 0.717) is 6.04 Å². The van der Waals surface area contributed by atoms with Crippen molar-refractivity contribution >= 4 is 5.91 Å². The molecule has 0 radical (unpaired) electrons. The Morgan fingerprint density at radius 1 is 1.07 bits per heavy atom. The van der Waals surface area contributed by atoms with Crippen LogP contribution in [0.2, 0.25) is 0 Å². The lowest BCUT2D eigenvalue weighted by Crippen LogP contribution is -2.57. The molecule has 0 saturated heterocycles. The fraction of sp³-hybridized carbons (Fsp3) is 0.917. The van der Waals surface area contributed by atoms with Crippen molar-refractivity contribution in [1.82, 2.24) is 5.32 Å². The number of hydrogen-bond donors (Lipinski definition) is 2. The Balaban J connectivity index is 1.96. The van der Waals surface area contributed by atoms with E-state index in [0.717, 1.165) is 25.7 Å². The first-order valence-electron chi connectivity index (χ1n) is 6.31. The molecule has 0 aromatic heterocycles. The zero-order chi connectivity index (χ0) is 10.7. The van der Waals surface area contributed by atoms with Crippen LogP contribution in [0.5, 0.6) is 0 Å². The van der Waals surface area contributed by atoms with E-state index in [-0.39, 0.29) is 11.4 Å². The third-order valence-corrected chi connectivity index (χ3v) is 4.01. The standard InChI is InChI=1S/C12H22N2O/c13-11(15)12(8-4-5-9-12)14-10-6-2-1-3-7-10/h10,14H,1-9H2,(H2,13,15). The van der Waals surface area contributed by atoms with Crippen molar-refractivity contribution in [3.8, 4) is 0 Å². The Morgan fingerprint density at radius 3 is 2.20 bits per heavy atom. The molecule has 2 aliphatic rings. The number of carbonyl (C=O) groups excluding carboxylic acids is 1. The summed E-state index contributed by atoms with van der Waals surface area (Å²) in [5.41, 5.74) is 5.19. The van der Waals surface area contributed by atoms with E-state index in [4.69, 9.17) is 5.73 Å². The average molecular weight is 210 g/mol. The summed E-state index contributed by atoms with van der Waals surface area (Å²) in [6.07, 6.45) is 10.5. The van der Waals surface area contributed by atoms with Crippen LogP contribution < -0.4 is 11.1 Å². The SMILES string of the molecule is NC(=O)C1(NC2CCCCC2)CCCC1. The molecule has 3 nitrogen and oxygen atoms in total. The van der Waals surface area contributed by atoms with E-state index in [9.17, 15) is 4.79 Å². The highest BCUT2D eigenvalue weighted by molar-refractivity contribution is 5.85. The average Bonchev–Trinajstić information content (AvgIpc) is 2.69. The predicted molar refractivity (Wildman–Crippen MR) is 60.4 cm³/mol. The summed E-state index contributed by atoms with van der Waals surface area (Å²) in [4.78, 5) is 11.6. The number of nitrogens with two attached hydrogens (primary N) is 1. The van der Waals surface area contributed by atoms with Gasteiger partial charge in [-0.1, -0.05) is 32.1 Å². The molecule has 3 heteroatoms. The Morgan fingerprint density at radius 2 is 1.67 bits per heavy atom. The van der Waals surface area contributed by atoms with E-state index >= 15 is 0 Å². The van der Waals surface area contributed by atoms with Gasteiger partial charge in [-0.3, -0.25) is 4.79 Å². The minimum absolute atomic E-state index is 0.134. The van der Waals surface area contributed by atoms with Crippen LogP contribution in [0, 0.1) is 0 Å². The fourth-order valence-electron chi connectivity index (χ4n) is 3.08. The van der Waals surface area contributed by atoms with Gasteiger partial charge in [-0.25, -0.2) is 0 Å². The van der Waals surface area contributed by atoms with Crippen molar-refractivity contribution in [2.24, 2.45) is 5.73 Å². The van der Waals surface area contributed by atoms with Gasteiger partial charge in [0.1, 0.15) is 0 Å². The molecule has 15 heavy (non-hydrogen) atoms. The van der Waals surface area contributed by atoms with Crippen LogP contribution in [0.15, 0.2) is 0 Å². The van der Waals surface area contributed by atoms with Crippen molar-refractivity contribution < 1.29 is 4.79 Å². The number of carbonyl (C=O) groups is 1. The number of nitrogens with one attached hydrogen (secondary N) is 1. The molecule has 0 aromatic rings. The molecule has 0 aromatic carbocycles. The predicted octanol–water partition coefficient (Wildman–Crippen LogP) is 1.71. The van der Waals surface area contributed by atoms with Gasteiger partial charge in [0.2, 0.25) is 5.91 Å². The maximum absolute atomic E-state index is 11.6. The summed E-state index contributed by atoms with van der Waals surface area (Å²) in [5, 5.41) is 3.56. The summed E-state index contributed by atoms with van der Waals surface area (Å²) < 4.78 is 0. The lowest BCUT2D eigenvalue weighted by molar-refractivity contribution is -0.124. The molecule has 0 aliphatic heterocycles. The molecule has 0 spiro atoms. The van der Waals surface area contributed by atoms with Gasteiger partial charge in [0, 0.05) is 6.04 Å². The highest BCUT2D eigenvalue weighted by atomic mass is 16.1. The van der Waals surface area contributed by atoms with Crippen LogP contribution >= 0.6 is 0 Å². The minimum Gasteiger partial charge on any atom is -0.368 e. The molecule has 0 atom stereocenters. The molecule has 3 N–H and O–H groups in total. The Hall–Kier alpha value is -0.570. The van der Waals surface area contributed by atoms with Crippen LogP contribution in [0.3, 0.4) is 0 Å². The summed E-state index contributed by atoms with van der Waals surface area (Å²) in [5.74, 6) is -0.134. The van der Waals surface area contributed by atoms with Gasteiger partial charge in [-0.2, -0.15) is 0 Å². The quantitative estimate of drug-likeness (QED) is 0.745. The highest BCUT2D eigenvalue weighted by Crippen LogP contribution is 2.31. The highest BCUT2D eigenvalue weighted by Gasteiger charge is 2.40. The Kier molecular flexibility index (Phi) is 3.29. The molecular formula is C12H22N2O. The van der Waals surface area contributed by atoms with Crippen LogP contribution in [0.1, 0.15) is 57.8 Å². The second-order valence-corrected chi connectivity index (χ2v) is 5.13. The summed E-state index contributed by atoms with van der Waals surface area (Å²) in [6, 6.07) is 0.532. The number of rotatable bonds is 3. The second-order valence-electron chi connectivity index (χ2n) is 5.13. The van der Waals surface area contributed by atoms with E-state index in [1.54, 1.807) is 0 Å². The summed E-state index contributed by atoms with van der Waals surface area (Å²) in [6.45, 7) is 0. The first-order valence-corrected chi connectivity index (χ1v) is 6.31. The van der Waals surface area contributed by atoms with Gasteiger partial charge in [0.15, 0.2) is 0 Å². The largest absolute Gasteiger partial charge is 0.368 e. The maximum Gasteiger partial charge on any atom is 0.237 e. The van der Waals surface area contributed by atoms with Crippen molar-refractivity contribution in [2.45, 2.75) is 69.4 Å². The normalized spacial score (nSPS) is 26.7. The Labute approximate surface area is 91.8 Å². The molecule has 86 valence electrons. The Bertz CT molecular complexity index is 228. The molecule has 2 saturated carbocycles.